The first-order valence-corrected chi connectivity index (χ1v) is 6.55. The Labute approximate surface area is 107 Å². The topological polar surface area (TPSA) is 57.9 Å². The molecule has 0 aliphatic heterocycles. The van der Waals surface area contributed by atoms with Gasteiger partial charge in [-0.05, 0) is 11.1 Å². The van der Waals surface area contributed by atoms with Crippen LogP contribution in [0.4, 0.5) is 0 Å². The van der Waals surface area contributed by atoms with Crippen LogP contribution in [0.25, 0.3) is 0 Å². The highest BCUT2D eigenvalue weighted by atomic mass is 32.2. The first kappa shape index (κ1) is 12.3. The normalized spacial score (nSPS) is 10.2. The largest absolute Gasteiger partial charge is 0.279 e. The lowest BCUT2D eigenvalue weighted by atomic mass is 9.92. The molecule has 0 aliphatic carbocycles. The molecule has 2 aromatic carbocycles. The summed E-state index contributed by atoms with van der Waals surface area (Å²) in [5.74, 6) is -0.696. The van der Waals surface area contributed by atoms with Crippen molar-refractivity contribution in [3.63, 3.8) is 0 Å². The lowest BCUT2D eigenvalue weighted by molar-refractivity contribution is -0.111. The van der Waals surface area contributed by atoms with Crippen LogP contribution in [-0.2, 0) is 15.2 Å². The molecule has 0 N–H and O–H groups in total. The lowest BCUT2D eigenvalue weighted by Crippen LogP contribution is -2.13. The number of carbonyl (C=O) groups excluding carboxylic acids is 1. The minimum atomic E-state index is -2.48. The molecular formula is C14H11NO2S. The van der Waals surface area contributed by atoms with Gasteiger partial charge in [-0.15, -0.1) is 4.61 Å². The van der Waals surface area contributed by atoms with Crippen molar-refractivity contribution < 1.29 is 9.00 Å². The highest BCUT2D eigenvalue weighted by Gasteiger charge is 2.24. The van der Waals surface area contributed by atoms with E-state index in [0.29, 0.717) is 0 Å². The van der Waals surface area contributed by atoms with E-state index in [0.717, 1.165) is 11.1 Å². The summed E-state index contributed by atoms with van der Waals surface area (Å²) in [6.07, 6.45) is 0. The van der Waals surface area contributed by atoms with E-state index in [9.17, 15) is 9.00 Å². The van der Waals surface area contributed by atoms with Crippen LogP contribution in [0.5, 0.6) is 0 Å². The van der Waals surface area contributed by atoms with Crippen molar-refractivity contribution in [2.75, 3.05) is 0 Å². The van der Waals surface area contributed by atoms with Crippen molar-refractivity contribution in [2.24, 2.45) is 0 Å². The highest BCUT2D eigenvalue weighted by Crippen LogP contribution is 2.25. The molecule has 4 heteroatoms. The summed E-state index contributed by atoms with van der Waals surface area (Å²) in [7, 11) is -2.48. The summed E-state index contributed by atoms with van der Waals surface area (Å²) in [6.45, 7) is 0. The summed E-state index contributed by atoms with van der Waals surface area (Å²) >= 11 is 0. The maximum absolute atomic E-state index is 11.9. The summed E-state index contributed by atoms with van der Waals surface area (Å²) in [5, 5.41) is -0.701. The van der Waals surface area contributed by atoms with E-state index in [2.05, 4.69) is 0 Å². The fraction of sp³-hybridized carbons (Fsp3) is 0.0714. The van der Waals surface area contributed by atoms with E-state index in [-0.39, 0.29) is 0 Å². The van der Waals surface area contributed by atoms with Gasteiger partial charge in [0.1, 0.15) is 0 Å². The number of carbonyl (C=O) groups is 1. The van der Waals surface area contributed by atoms with E-state index in [1.54, 1.807) is 48.5 Å². The van der Waals surface area contributed by atoms with Crippen LogP contribution < -0.4 is 0 Å². The van der Waals surface area contributed by atoms with E-state index in [1.165, 1.54) is 0 Å². The smallest absolute Gasteiger partial charge is 0.276 e. The minimum absolute atomic E-state index is 0.696. The SMILES string of the molecule is N#S(=O)C(=O)C(c1ccccc1)c1ccccc1. The summed E-state index contributed by atoms with van der Waals surface area (Å²) in [6, 6.07) is 18.0. The molecule has 0 unspecified atom stereocenters. The first-order valence-electron chi connectivity index (χ1n) is 5.44. The van der Waals surface area contributed by atoms with E-state index < -0.39 is 21.5 Å². The summed E-state index contributed by atoms with van der Waals surface area (Å²) in [5.41, 5.74) is 1.44. The van der Waals surface area contributed by atoms with Gasteiger partial charge in [0.05, 0.1) is 5.92 Å². The molecule has 18 heavy (non-hydrogen) atoms. The molecule has 0 fully saturated rings. The Morgan fingerprint density at radius 1 is 0.889 bits per heavy atom. The van der Waals surface area contributed by atoms with Crippen LogP contribution in [0, 0.1) is 4.61 Å². The molecular weight excluding hydrogens is 246 g/mol. The quantitative estimate of drug-likeness (QED) is 0.849. The van der Waals surface area contributed by atoms with Crippen molar-refractivity contribution in [1.29, 1.82) is 4.61 Å². The fourth-order valence-corrected chi connectivity index (χ4v) is 2.33. The molecule has 0 spiro atoms. The van der Waals surface area contributed by atoms with Crippen molar-refractivity contribution >= 4 is 15.5 Å². The van der Waals surface area contributed by atoms with Gasteiger partial charge in [-0.25, -0.2) is 0 Å². The molecule has 0 aromatic heterocycles. The molecule has 3 nitrogen and oxygen atoms in total. The molecule has 0 heterocycles. The van der Waals surface area contributed by atoms with Crippen molar-refractivity contribution in [2.45, 2.75) is 5.92 Å². The molecule has 2 aromatic rings. The van der Waals surface area contributed by atoms with E-state index in [1.807, 2.05) is 12.1 Å². The van der Waals surface area contributed by atoms with Gasteiger partial charge in [0, 0.05) is 0 Å². The maximum atomic E-state index is 11.9. The van der Waals surface area contributed by atoms with Crippen LogP contribution in [0.3, 0.4) is 0 Å². The molecule has 0 radical (unpaired) electrons. The average Bonchev–Trinajstić information content (AvgIpc) is 2.41. The third-order valence-corrected chi connectivity index (χ3v) is 3.25. The number of hydrogen-bond acceptors (Lipinski definition) is 3. The monoisotopic (exact) mass is 257 g/mol. The van der Waals surface area contributed by atoms with Gasteiger partial charge >= 0.3 is 0 Å². The van der Waals surface area contributed by atoms with Crippen LogP contribution in [0.1, 0.15) is 17.0 Å². The predicted octanol–water partition coefficient (Wildman–Crippen LogP) is 2.57. The highest BCUT2D eigenvalue weighted by molar-refractivity contribution is 7.88. The Hall–Kier alpha value is -2.16. The Morgan fingerprint density at radius 3 is 1.61 bits per heavy atom. The Kier molecular flexibility index (Phi) is 3.72. The van der Waals surface area contributed by atoms with Gasteiger partial charge in [0.2, 0.25) is 10.4 Å². The Balaban J connectivity index is 2.53. The van der Waals surface area contributed by atoms with Gasteiger partial charge in [0.25, 0.3) is 5.12 Å². The average molecular weight is 257 g/mol. The van der Waals surface area contributed by atoms with Gasteiger partial charge in [-0.1, -0.05) is 60.7 Å². The van der Waals surface area contributed by atoms with Gasteiger partial charge in [0.15, 0.2) is 0 Å². The molecule has 0 saturated heterocycles. The van der Waals surface area contributed by atoms with Gasteiger partial charge < -0.3 is 0 Å². The Bertz CT molecular complexity index is 623. The van der Waals surface area contributed by atoms with Crippen molar-refractivity contribution in [3.05, 3.63) is 71.8 Å². The number of hydrogen-bond donors (Lipinski definition) is 0. The second-order valence-corrected chi connectivity index (χ2v) is 4.72. The zero-order chi connectivity index (χ0) is 13.0. The number of benzene rings is 2. The summed E-state index contributed by atoms with van der Waals surface area (Å²) in [4.78, 5) is 11.9. The molecule has 90 valence electrons. The van der Waals surface area contributed by atoms with Crippen LogP contribution in [0.2, 0.25) is 0 Å². The molecule has 0 saturated carbocycles. The molecule has 0 bridgehead atoms. The van der Waals surface area contributed by atoms with Crippen molar-refractivity contribution in [3.8, 4) is 0 Å². The van der Waals surface area contributed by atoms with Crippen LogP contribution in [0.15, 0.2) is 60.7 Å². The number of rotatable bonds is 3. The fourth-order valence-electron chi connectivity index (χ4n) is 1.86. The Morgan fingerprint density at radius 2 is 1.28 bits per heavy atom. The first-order chi connectivity index (χ1) is 8.70. The minimum Gasteiger partial charge on any atom is -0.276 e. The van der Waals surface area contributed by atoms with Crippen molar-refractivity contribution in [1.82, 2.24) is 0 Å². The lowest BCUT2D eigenvalue weighted by Gasteiger charge is -2.12. The number of nitrogens with zero attached hydrogens (tertiary/aromatic N) is 1. The van der Waals surface area contributed by atoms with Crippen LogP contribution >= 0.6 is 0 Å². The second-order valence-electron chi connectivity index (χ2n) is 3.82. The van der Waals surface area contributed by atoms with E-state index >= 15 is 0 Å². The molecule has 0 aliphatic rings. The predicted molar refractivity (Wildman–Crippen MR) is 69.6 cm³/mol. The third-order valence-electron chi connectivity index (χ3n) is 2.67. The van der Waals surface area contributed by atoms with E-state index in [4.69, 9.17) is 4.61 Å². The zero-order valence-corrected chi connectivity index (χ0v) is 10.3. The molecule has 0 atom stereocenters. The van der Waals surface area contributed by atoms with Gasteiger partial charge in [-0.2, -0.15) is 4.21 Å². The molecule has 2 rings (SSSR count). The molecule has 0 amide bonds. The maximum Gasteiger partial charge on any atom is 0.279 e. The van der Waals surface area contributed by atoms with Crippen LogP contribution in [-0.4, -0.2) is 9.32 Å². The third kappa shape index (κ3) is 2.56. The van der Waals surface area contributed by atoms with Gasteiger partial charge in [-0.3, -0.25) is 4.79 Å². The second kappa shape index (κ2) is 5.45. The zero-order valence-electron chi connectivity index (χ0n) is 9.52. The standard InChI is InChI=1S/C14H11NO2S/c15-18(17)14(16)13(11-7-3-1-4-8-11)12-9-5-2-6-10-12/h1-10,13H. The summed E-state index contributed by atoms with van der Waals surface area (Å²) < 4.78 is 20.1.